The summed E-state index contributed by atoms with van der Waals surface area (Å²) in [7, 11) is 4.05. The number of aliphatic hydroxyl groups is 3. The van der Waals surface area contributed by atoms with Crippen LogP contribution in [0.25, 0.3) is 0 Å². The average molecular weight is 651 g/mol. The zero-order chi connectivity index (χ0) is 33.8. The number of fused-ring (bicyclic) bond motifs is 1. The van der Waals surface area contributed by atoms with Gasteiger partial charge < -0.3 is 70.3 Å². The summed E-state index contributed by atoms with van der Waals surface area (Å²) < 4.78 is 33.8. The standard InChI is InChI=1S/C29H38N4O13/c1-5-32-16-10-18(17(9-15(16)25(38)39)44-12-33-28(30)31-2)45-27-22(36)21(35)24(37)29(46-27)7-6-13-14(26(40)43-11-29)8-19(41-3)20(34)23(13)42-4/h8-10,21-22,24,27,32,34-37H,5-7,11-12H2,1-4H3,(H,38,39)(H3,30,31,33)/t21-,22-,24+,27-,29-/m1/s1. The SMILES string of the molecule is CCNc1cc(O[C@@H]2O[C@@]3(CCc4c(cc(OC)c(O)c4OC)C(=O)OC3)[C@@H](O)[C@H](O)[C@H]2O)c(OCNC(N)=NC)cc1C(=O)O. The quantitative estimate of drug-likeness (QED) is 0.0715. The van der Waals surface area contributed by atoms with Gasteiger partial charge in [0.25, 0.3) is 0 Å². The zero-order valence-electron chi connectivity index (χ0n) is 25.6. The van der Waals surface area contributed by atoms with E-state index in [9.17, 15) is 35.1 Å². The van der Waals surface area contributed by atoms with Crippen LogP contribution in [0.3, 0.4) is 0 Å². The molecule has 17 nitrogen and oxygen atoms in total. The van der Waals surface area contributed by atoms with Gasteiger partial charge in [0.1, 0.15) is 30.5 Å². The van der Waals surface area contributed by atoms with Crippen LogP contribution < -0.4 is 35.3 Å². The monoisotopic (exact) mass is 650 g/mol. The molecule has 2 aliphatic heterocycles. The minimum absolute atomic E-state index is 0.0178. The normalized spacial score (nSPS) is 24.6. The fraction of sp³-hybridized carbons (Fsp3) is 0.483. The number of aliphatic imine (C=N–C) groups is 1. The van der Waals surface area contributed by atoms with Crippen molar-refractivity contribution in [3.63, 3.8) is 0 Å². The Morgan fingerprint density at radius 1 is 1.13 bits per heavy atom. The molecule has 0 radical (unpaired) electrons. The number of aromatic hydroxyl groups is 1. The van der Waals surface area contributed by atoms with Crippen LogP contribution in [0.5, 0.6) is 28.7 Å². The molecule has 2 aliphatic rings. The number of ether oxygens (including phenoxy) is 6. The molecular formula is C29H38N4O13. The number of carbonyl (C=O) groups is 2. The van der Waals surface area contributed by atoms with Crippen LogP contribution >= 0.6 is 0 Å². The summed E-state index contributed by atoms with van der Waals surface area (Å²) in [6.45, 7) is 1.28. The molecule has 17 heteroatoms. The number of nitrogens with zero attached hydrogens (tertiary/aromatic N) is 1. The summed E-state index contributed by atoms with van der Waals surface area (Å²) in [5, 5.41) is 59.1. The predicted molar refractivity (Wildman–Crippen MR) is 160 cm³/mol. The number of cyclic esters (lactones) is 1. The van der Waals surface area contributed by atoms with Gasteiger partial charge in [-0.2, -0.15) is 0 Å². The summed E-state index contributed by atoms with van der Waals surface area (Å²) >= 11 is 0. The van der Waals surface area contributed by atoms with Gasteiger partial charge in [0.15, 0.2) is 35.7 Å². The van der Waals surface area contributed by atoms with Gasteiger partial charge in [0.2, 0.25) is 12.0 Å². The Hall–Kier alpha value is -4.71. The van der Waals surface area contributed by atoms with E-state index in [0.29, 0.717) is 6.54 Å². The van der Waals surface area contributed by atoms with Crippen molar-refractivity contribution in [3.8, 4) is 28.7 Å². The van der Waals surface area contributed by atoms with Crippen molar-refractivity contribution < 1.29 is 63.5 Å². The number of methoxy groups -OCH3 is 2. The van der Waals surface area contributed by atoms with Gasteiger partial charge in [-0.15, -0.1) is 0 Å². The highest BCUT2D eigenvalue weighted by Gasteiger charge is 2.56. The number of phenolic OH excluding ortho intramolecular Hbond substituents is 1. The van der Waals surface area contributed by atoms with Crippen LogP contribution in [0.2, 0.25) is 0 Å². The number of aliphatic hydroxyl groups excluding tert-OH is 3. The number of nitrogens with one attached hydrogen (secondary N) is 2. The molecular weight excluding hydrogens is 612 g/mol. The number of nitrogens with two attached hydrogens (primary N) is 1. The van der Waals surface area contributed by atoms with E-state index in [1.165, 1.54) is 39.5 Å². The van der Waals surface area contributed by atoms with Gasteiger partial charge in [-0.1, -0.05) is 0 Å². The molecule has 0 unspecified atom stereocenters. The number of benzene rings is 2. The van der Waals surface area contributed by atoms with Gasteiger partial charge in [0, 0.05) is 31.3 Å². The highest BCUT2D eigenvalue weighted by molar-refractivity contribution is 5.95. The summed E-state index contributed by atoms with van der Waals surface area (Å²) in [5.74, 6) is -2.72. The second-order valence-corrected chi connectivity index (χ2v) is 10.4. The van der Waals surface area contributed by atoms with Crippen LogP contribution in [0.1, 0.15) is 39.6 Å². The number of carbonyl (C=O) groups excluding carboxylic acids is 1. The Labute approximate surface area is 263 Å². The largest absolute Gasteiger partial charge is 0.502 e. The number of esters is 1. The number of hydrogen-bond acceptors (Lipinski definition) is 14. The fourth-order valence-corrected chi connectivity index (χ4v) is 5.26. The first kappa shape index (κ1) is 34.2. The van der Waals surface area contributed by atoms with Gasteiger partial charge >= 0.3 is 11.9 Å². The van der Waals surface area contributed by atoms with Crippen molar-refractivity contribution in [2.45, 2.75) is 50.0 Å². The lowest BCUT2D eigenvalue weighted by molar-refractivity contribution is -0.320. The number of aromatic carboxylic acids is 1. The predicted octanol–water partition coefficient (Wildman–Crippen LogP) is -0.230. The summed E-state index contributed by atoms with van der Waals surface area (Å²) in [6.07, 6.45) is -7.25. The van der Waals surface area contributed by atoms with Crippen molar-refractivity contribution in [2.24, 2.45) is 10.7 Å². The first-order chi connectivity index (χ1) is 21.9. The maximum atomic E-state index is 13.2. The number of anilines is 1. The highest BCUT2D eigenvalue weighted by Crippen LogP contribution is 2.45. The third-order valence-corrected chi connectivity index (χ3v) is 7.70. The second kappa shape index (κ2) is 14.2. The molecule has 2 aromatic rings. The Morgan fingerprint density at radius 2 is 1.87 bits per heavy atom. The van der Waals surface area contributed by atoms with E-state index in [1.54, 1.807) is 6.92 Å². The molecule has 0 saturated carbocycles. The van der Waals surface area contributed by atoms with E-state index in [2.05, 4.69) is 15.6 Å². The molecule has 2 aromatic carbocycles. The molecule has 5 atom stereocenters. The van der Waals surface area contributed by atoms with Crippen LogP contribution in [-0.2, 0) is 15.9 Å². The molecule has 0 bridgehead atoms. The Balaban J connectivity index is 1.71. The maximum Gasteiger partial charge on any atom is 0.338 e. The van der Waals surface area contributed by atoms with Crippen LogP contribution in [0.15, 0.2) is 23.2 Å². The second-order valence-electron chi connectivity index (χ2n) is 10.4. The number of hydrogen-bond donors (Lipinski definition) is 8. The molecule has 0 amide bonds. The number of carboxylic acids is 1. The van der Waals surface area contributed by atoms with E-state index >= 15 is 0 Å². The van der Waals surface area contributed by atoms with Crippen molar-refractivity contribution in [1.29, 1.82) is 0 Å². The van der Waals surface area contributed by atoms with Crippen molar-refractivity contribution >= 4 is 23.6 Å². The lowest BCUT2D eigenvalue weighted by Crippen LogP contribution is -2.67. The first-order valence-electron chi connectivity index (χ1n) is 14.2. The highest BCUT2D eigenvalue weighted by atomic mass is 16.7. The van der Waals surface area contributed by atoms with Crippen molar-refractivity contribution in [1.82, 2.24) is 5.32 Å². The molecule has 0 aliphatic carbocycles. The number of rotatable bonds is 10. The van der Waals surface area contributed by atoms with Crippen LogP contribution in [-0.4, -0.2) is 115 Å². The third kappa shape index (κ3) is 6.62. The Kier molecular flexibility index (Phi) is 10.5. The number of phenols is 1. The van der Waals surface area contributed by atoms with E-state index in [4.69, 9.17) is 34.2 Å². The molecule has 9 N–H and O–H groups in total. The topological polar surface area (TPSA) is 253 Å². The molecule has 1 saturated heterocycles. The molecule has 0 aromatic heterocycles. The summed E-state index contributed by atoms with van der Waals surface area (Å²) in [5.41, 5.74) is 4.11. The molecule has 2 heterocycles. The van der Waals surface area contributed by atoms with E-state index < -0.39 is 48.7 Å². The molecule has 1 spiro atoms. The number of carboxylic acid groups (broad SMARTS) is 1. The minimum atomic E-state index is -1.85. The van der Waals surface area contributed by atoms with Crippen molar-refractivity contribution in [3.05, 3.63) is 34.9 Å². The molecule has 4 rings (SSSR count). The van der Waals surface area contributed by atoms with Crippen LogP contribution in [0.4, 0.5) is 5.69 Å². The molecule has 46 heavy (non-hydrogen) atoms. The molecule has 1 fully saturated rings. The fourth-order valence-electron chi connectivity index (χ4n) is 5.26. The Bertz CT molecular complexity index is 1490. The van der Waals surface area contributed by atoms with Gasteiger partial charge in [-0.25, -0.2) is 9.59 Å². The minimum Gasteiger partial charge on any atom is -0.502 e. The van der Waals surface area contributed by atoms with Crippen LogP contribution in [0, 0.1) is 0 Å². The van der Waals surface area contributed by atoms with E-state index in [1.807, 2.05) is 0 Å². The third-order valence-electron chi connectivity index (χ3n) is 7.70. The van der Waals surface area contributed by atoms with Gasteiger partial charge in [-0.05, 0) is 25.8 Å². The summed E-state index contributed by atoms with van der Waals surface area (Å²) in [4.78, 5) is 28.9. The lowest BCUT2D eigenvalue weighted by Gasteiger charge is -2.48. The van der Waals surface area contributed by atoms with Crippen molar-refractivity contribution in [2.75, 3.05) is 46.5 Å². The van der Waals surface area contributed by atoms with E-state index in [0.717, 1.165) is 0 Å². The van der Waals surface area contributed by atoms with Gasteiger partial charge in [-0.3, -0.25) is 4.99 Å². The smallest absolute Gasteiger partial charge is 0.338 e. The van der Waals surface area contributed by atoms with Gasteiger partial charge in [0.05, 0.1) is 31.0 Å². The number of guanidine groups is 1. The average Bonchev–Trinajstić information content (AvgIpc) is 3.03. The van der Waals surface area contributed by atoms with E-state index in [-0.39, 0.29) is 76.7 Å². The lowest BCUT2D eigenvalue weighted by atomic mass is 9.81. The Morgan fingerprint density at radius 3 is 2.50 bits per heavy atom. The zero-order valence-corrected chi connectivity index (χ0v) is 25.6. The summed E-state index contributed by atoms with van der Waals surface area (Å²) in [6, 6.07) is 3.80. The first-order valence-corrected chi connectivity index (χ1v) is 14.2. The molecule has 252 valence electrons. The maximum absolute atomic E-state index is 13.2.